The van der Waals surface area contributed by atoms with Crippen molar-refractivity contribution in [1.29, 1.82) is 0 Å². The van der Waals surface area contributed by atoms with E-state index in [0.717, 1.165) is 30.6 Å². The maximum absolute atomic E-state index is 12.8. The molecule has 1 aromatic rings. The highest BCUT2D eigenvalue weighted by Crippen LogP contribution is 2.11. The predicted octanol–water partition coefficient (Wildman–Crippen LogP) is 3.15. The molecular weight excluding hydrogens is 189 g/mol. The molecule has 0 aliphatic rings. The third kappa shape index (κ3) is 4.26. The van der Waals surface area contributed by atoms with Gasteiger partial charge in [-0.25, -0.2) is 4.39 Å². The minimum absolute atomic E-state index is 0.172. The van der Waals surface area contributed by atoms with Crippen LogP contribution in [0.4, 0.5) is 4.39 Å². The first-order valence-electron chi connectivity index (χ1n) is 5.37. The summed E-state index contributed by atoms with van der Waals surface area (Å²) in [5.74, 6) is -0.172. The van der Waals surface area contributed by atoms with Crippen LogP contribution in [0.5, 0.6) is 0 Å². The van der Waals surface area contributed by atoms with Gasteiger partial charge in [0.1, 0.15) is 5.82 Å². The van der Waals surface area contributed by atoms with Crippen LogP contribution in [0.1, 0.15) is 24.5 Å². The lowest BCUT2D eigenvalue weighted by Gasteiger charge is -2.00. The second-order valence-electron chi connectivity index (χ2n) is 3.61. The number of hydrogen-bond acceptors (Lipinski definition) is 1. The number of nitrogens with one attached hydrogen (secondary N) is 1. The van der Waals surface area contributed by atoms with E-state index in [1.165, 1.54) is 6.07 Å². The van der Waals surface area contributed by atoms with Crippen LogP contribution in [-0.4, -0.2) is 13.1 Å². The Morgan fingerprint density at radius 2 is 2.20 bits per heavy atom. The standard InChI is InChI=1S/C13H18FN/c1-3-8-15-9-4-5-12-6-7-13(14)10-11(12)2/h4-7,10,15H,3,8-9H2,1-2H3. The summed E-state index contributed by atoms with van der Waals surface area (Å²) >= 11 is 0. The molecular formula is C13H18FN. The van der Waals surface area contributed by atoms with Crippen LogP contribution in [0.15, 0.2) is 24.3 Å². The van der Waals surface area contributed by atoms with Gasteiger partial charge in [0.05, 0.1) is 0 Å². The average Bonchev–Trinajstić information content (AvgIpc) is 2.20. The quantitative estimate of drug-likeness (QED) is 0.731. The number of rotatable bonds is 5. The first kappa shape index (κ1) is 11.9. The lowest BCUT2D eigenvalue weighted by molar-refractivity contribution is 0.626. The van der Waals surface area contributed by atoms with Crippen molar-refractivity contribution < 1.29 is 4.39 Å². The van der Waals surface area contributed by atoms with E-state index in [9.17, 15) is 4.39 Å². The lowest BCUT2D eigenvalue weighted by Crippen LogP contribution is -2.13. The summed E-state index contributed by atoms with van der Waals surface area (Å²) in [7, 11) is 0. The highest BCUT2D eigenvalue weighted by molar-refractivity contribution is 5.53. The smallest absolute Gasteiger partial charge is 0.123 e. The SMILES string of the molecule is CCCNCC=Cc1ccc(F)cc1C. The molecule has 0 atom stereocenters. The van der Waals surface area contributed by atoms with E-state index in [-0.39, 0.29) is 5.82 Å². The molecule has 0 unspecified atom stereocenters. The Bertz CT molecular complexity index is 331. The van der Waals surface area contributed by atoms with Crippen LogP contribution >= 0.6 is 0 Å². The normalized spacial score (nSPS) is 11.1. The maximum atomic E-state index is 12.8. The van der Waals surface area contributed by atoms with Gasteiger partial charge in [0, 0.05) is 6.54 Å². The molecule has 0 radical (unpaired) electrons. The largest absolute Gasteiger partial charge is 0.313 e. The molecule has 0 aromatic heterocycles. The average molecular weight is 207 g/mol. The zero-order chi connectivity index (χ0) is 11.1. The third-order valence-corrected chi connectivity index (χ3v) is 2.22. The van der Waals surface area contributed by atoms with Gasteiger partial charge in [-0.2, -0.15) is 0 Å². The zero-order valence-electron chi connectivity index (χ0n) is 9.39. The molecule has 0 amide bonds. The Kier molecular flexibility index (Phi) is 5.05. The summed E-state index contributed by atoms with van der Waals surface area (Å²) in [5.41, 5.74) is 2.05. The molecule has 0 fully saturated rings. The molecule has 1 aromatic carbocycles. The van der Waals surface area contributed by atoms with Crippen LogP contribution in [0.2, 0.25) is 0 Å². The molecule has 2 heteroatoms. The number of hydrogen-bond donors (Lipinski definition) is 1. The van der Waals surface area contributed by atoms with Crippen molar-refractivity contribution in [1.82, 2.24) is 5.32 Å². The van der Waals surface area contributed by atoms with E-state index in [1.54, 1.807) is 12.1 Å². The molecule has 0 aliphatic carbocycles. The Balaban J connectivity index is 2.49. The highest BCUT2D eigenvalue weighted by Gasteiger charge is 1.95. The van der Waals surface area contributed by atoms with Gasteiger partial charge >= 0.3 is 0 Å². The Labute approximate surface area is 91.0 Å². The van der Waals surface area contributed by atoms with Crippen molar-refractivity contribution in [2.75, 3.05) is 13.1 Å². The summed E-state index contributed by atoms with van der Waals surface area (Å²) in [4.78, 5) is 0. The molecule has 0 aliphatic heterocycles. The van der Waals surface area contributed by atoms with Crippen molar-refractivity contribution in [3.63, 3.8) is 0 Å². The first-order chi connectivity index (χ1) is 7.24. The van der Waals surface area contributed by atoms with Crippen LogP contribution in [0, 0.1) is 12.7 Å². The minimum Gasteiger partial charge on any atom is -0.313 e. The summed E-state index contributed by atoms with van der Waals surface area (Å²) in [6.45, 7) is 5.96. The van der Waals surface area contributed by atoms with Crippen molar-refractivity contribution in [2.45, 2.75) is 20.3 Å². The molecule has 82 valence electrons. The van der Waals surface area contributed by atoms with Gasteiger partial charge in [-0.05, 0) is 43.1 Å². The number of aryl methyl sites for hydroxylation is 1. The van der Waals surface area contributed by atoms with Crippen molar-refractivity contribution in [3.8, 4) is 0 Å². The van der Waals surface area contributed by atoms with E-state index in [2.05, 4.69) is 18.3 Å². The van der Waals surface area contributed by atoms with E-state index in [4.69, 9.17) is 0 Å². The highest BCUT2D eigenvalue weighted by atomic mass is 19.1. The monoisotopic (exact) mass is 207 g/mol. The van der Waals surface area contributed by atoms with Crippen LogP contribution < -0.4 is 5.32 Å². The predicted molar refractivity (Wildman–Crippen MR) is 63.3 cm³/mol. The van der Waals surface area contributed by atoms with Crippen LogP contribution in [-0.2, 0) is 0 Å². The molecule has 1 nitrogen and oxygen atoms in total. The maximum Gasteiger partial charge on any atom is 0.123 e. The Morgan fingerprint density at radius 3 is 2.87 bits per heavy atom. The van der Waals surface area contributed by atoms with Crippen molar-refractivity contribution in [2.24, 2.45) is 0 Å². The summed E-state index contributed by atoms with van der Waals surface area (Å²) < 4.78 is 12.8. The second kappa shape index (κ2) is 6.36. The minimum atomic E-state index is -0.172. The van der Waals surface area contributed by atoms with E-state index in [0.29, 0.717) is 0 Å². The number of benzene rings is 1. The van der Waals surface area contributed by atoms with E-state index < -0.39 is 0 Å². The lowest BCUT2D eigenvalue weighted by atomic mass is 10.1. The first-order valence-corrected chi connectivity index (χ1v) is 5.37. The molecule has 0 saturated carbocycles. The fraction of sp³-hybridized carbons (Fsp3) is 0.385. The van der Waals surface area contributed by atoms with Gasteiger partial charge in [-0.1, -0.05) is 25.1 Å². The fourth-order valence-electron chi connectivity index (χ4n) is 1.37. The van der Waals surface area contributed by atoms with Gasteiger partial charge in [-0.15, -0.1) is 0 Å². The molecule has 1 N–H and O–H groups in total. The van der Waals surface area contributed by atoms with E-state index >= 15 is 0 Å². The Hall–Kier alpha value is -1.15. The third-order valence-electron chi connectivity index (χ3n) is 2.22. The molecule has 1 rings (SSSR count). The van der Waals surface area contributed by atoms with Crippen LogP contribution in [0.3, 0.4) is 0 Å². The van der Waals surface area contributed by atoms with Gasteiger partial charge in [0.25, 0.3) is 0 Å². The fourth-order valence-corrected chi connectivity index (χ4v) is 1.37. The van der Waals surface area contributed by atoms with Gasteiger partial charge in [-0.3, -0.25) is 0 Å². The molecule has 0 saturated heterocycles. The van der Waals surface area contributed by atoms with E-state index in [1.807, 2.05) is 13.0 Å². The topological polar surface area (TPSA) is 12.0 Å². The zero-order valence-corrected chi connectivity index (χ0v) is 9.39. The summed E-state index contributed by atoms with van der Waals surface area (Å²) in [6.07, 6.45) is 5.23. The summed E-state index contributed by atoms with van der Waals surface area (Å²) in [6, 6.07) is 4.85. The molecule has 0 bridgehead atoms. The number of halogens is 1. The van der Waals surface area contributed by atoms with Gasteiger partial charge in [0.2, 0.25) is 0 Å². The Morgan fingerprint density at radius 1 is 1.40 bits per heavy atom. The van der Waals surface area contributed by atoms with Crippen LogP contribution in [0.25, 0.3) is 6.08 Å². The van der Waals surface area contributed by atoms with Crippen molar-refractivity contribution >= 4 is 6.08 Å². The molecule has 15 heavy (non-hydrogen) atoms. The van der Waals surface area contributed by atoms with Gasteiger partial charge in [0.15, 0.2) is 0 Å². The second-order valence-corrected chi connectivity index (χ2v) is 3.61. The van der Waals surface area contributed by atoms with Crippen molar-refractivity contribution in [3.05, 3.63) is 41.2 Å². The summed E-state index contributed by atoms with van der Waals surface area (Å²) in [5, 5.41) is 3.28. The van der Waals surface area contributed by atoms with Gasteiger partial charge < -0.3 is 5.32 Å². The molecule has 0 spiro atoms. The molecule has 0 heterocycles.